The summed E-state index contributed by atoms with van der Waals surface area (Å²) in [6.45, 7) is 1.78. The normalized spacial score (nSPS) is 27.4. The summed E-state index contributed by atoms with van der Waals surface area (Å²) in [5.41, 5.74) is 0. The molecule has 3 aliphatic rings. The molecule has 0 saturated carbocycles. The molecule has 19 nitrogen and oxygen atoms in total. The molecule has 0 aliphatic carbocycles. The highest BCUT2D eigenvalue weighted by Crippen LogP contribution is 2.33. The number of hydrogen-bond donors (Lipinski definition) is 12. The molecule has 0 spiro atoms. The van der Waals surface area contributed by atoms with Crippen molar-refractivity contribution >= 4 is 5.91 Å². The summed E-state index contributed by atoms with van der Waals surface area (Å²) in [6.07, 6.45) is 40.2. The lowest BCUT2D eigenvalue weighted by Gasteiger charge is -2.48. The fourth-order valence-corrected chi connectivity index (χ4v) is 13.2. The Bertz CT molecular complexity index is 1800. The van der Waals surface area contributed by atoms with E-state index in [2.05, 4.69) is 31.3 Å². The van der Waals surface area contributed by atoms with Gasteiger partial charge in [-0.15, -0.1) is 0 Å². The number of allylic oxidation sites excluding steroid dienone is 3. The van der Waals surface area contributed by atoms with E-state index in [1.165, 1.54) is 238 Å². The van der Waals surface area contributed by atoms with E-state index in [1.807, 2.05) is 6.08 Å². The van der Waals surface area contributed by atoms with Gasteiger partial charge in [0.2, 0.25) is 5.91 Å². The third kappa shape index (κ3) is 37.6. The summed E-state index contributed by atoms with van der Waals surface area (Å²) in [5, 5.41) is 121. The van der Waals surface area contributed by atoms with Gasteiger partial charge >= 0.3 is 0 Å². The molecule has 17 unspecified atom stereocenters. The van der Waals surface area contributed by atoms with Crippen LogP contribution in [-0.2, 0) is 33.2 Å². The predicted molar refractivity (Wildman–Crippen MR) is 370 cm³/mol. The fourth-order valence-electron chi connectivity index (χ4n) is 13.2. The number of ether oxygens (including phenoxy) is 6. The van der Waals surface area contributed by atoms with E-state index in [4.69, 9.17) is 28.4 Å². The van der Waals surface area contributed by atoms with Gasteiger partial charge in [0, 0.05) is 6.42 Å². The van der Waals surface area contributed by atoms with E-state index in [9.17, 15) is 61.0 Å². The number of amides is 1. The zero-order valence-corrected chi connectivity index (χ0v) is 59.0. The SMILES string of the molecule is CCCCCCCCCC/C=C\CCCCCCCCCCCC(=O)NC(COC1OC(CO)C(OC2OC(CO)C(OC3OC(CO)C(O)C(O)C3O)C(O)C2O)C(O)C1O)C(O)/C=C/CCCCCCCCCCCCCCCCCCCCCCCCCCCC. The van der Waals surface area contributed by atoms with Crippen LogP contribution >= 0.6 is 0 Å². The lowest BCUT2D eigenvalue weighted by molar-refractivity contribution is -0.379. The average Bonchev–Trinajstić information content (AvgIpc) is 0.787. The molecule has 554 valence electrons. The van der Waals surface area contributed by atoms with Gasteiger partial charge in [0.25, 0.3) is 0 Å². The molecule has 17 atom stereocenters. The topological polar surface area (TPSA) is 307 Å². The summed E-state index contributed by atoms with van der Waals surface area (Å²) in [4.78, 5) is 13.4. The minimum atomic E-state index is -1.98. The maximum absolute atomic E-state index is 13.4. The van der Waals surface area contributed by atoms with Crippen LogP contribution in [0.25, 0.3) is 0 Å². The van der Waals surface area contributed by atoms with E-state index < -0.39 is 124 Å². The zero-order valence-electron chi connectivity index (χ0n) is 59.0. The highest BCUT2D eigenvalue weighted by Gasteiger charge is 2.53. The van der Waals surface area contributed by atoms with Crippen LogP contribution in [0.5, 0.6) is 0 Å². The molecular formula is C75H141NO18. The van der Waals surface area contributed by atoms with E-state index in [0.29, 0.717) is 6.42 Å². The molecule has 0 aromatic heterocycles. The van der Waals surface area contributed by atoms with Gasteiger partial charge in [0.15, 0.2) is 18.9 Å². The Morgan fingerprint density at radius 1 is 0.372 bits per heavy atom. The minimum Gasteiger partial charge on any atom is -0.394 e. The number of hydrogen-bond acceptors (Lipinski definition) is 18. The number of carbonyl (C=O) groups excluding carboxylic acids is 1. The summed E-state index contributed by atoms with van der Waals surface area (Å²) in [7, 11) is 0. The molecule has 1 amide bonds. The smallest absolute Gasteiger partial charge is 0.220 e. The maximum atomic E-state index is 13.4. The lowest BCUT2D eigenvalue weighted by Crippen LogP contribution is -2.66. The van der Waals surface area contributed by atoms with Gasteiger partial charge in [0.05, 0.1) is 38.6 Å². The third-order valence-electron chi connectivity index (χ3n) is 19.5. The Balaban J connectivity index is 1.40. The fraction of sp³-hybridized carbons (Fsp3) is 0.933. The average molecular weight is 1340 g/mol. The van der Waals surface area contributed by atoms with Crippen LogP contribution in [0, 0.1) is 0 Å². The molecule has 94 heavy (non-hydrogen) atoms. The van der Waals surface area contributed by atoms with Crippen molar-refractivity contribution < 1.29 is 89.4 Å². The Kier molecular flexibility index (Phi) is 52.4. The van der Waals surface area contributed by atoms with E-state index >= 15 is 0 Å². The van der Waals surface area contributed by atoms with E-state index in [0.717, 1.165) is 51.4 Å². The molecule has 0 aromatic carbocycles. The first-order chi connectivity index (χ1) is 45.8. The highest BCUT2D eigenvalue weighted by atomic mass is 16.8. The summed E-state index contributed by atoms with van der Waals surface area (Å²) >= 11 is 0. The molecule has 3 rings (SSSR count). The summed E-state index contributed by atoms with van der Waals surface area (Å²) in [5.74, 6) is -0.273. The van der Waals surface area contributed by atoms with Gasteiger partial charge in [-0.3, -0.25) is 4.79 Å². The van der Waals surface area contributed by atoms with Gasteiger partial charge in [-0.25, -0.2) is 0 Å². The van der Waals surface area contributed by atoms with Crippen molar-refractivity contribution in [1.82, 2.24) is 5.32 Å². The number of aliphatic hydroxyl groups is 11. The van der Waals surface area contributed by atoms with E-state index in [-0.39, 0.29) is 18.9 Å². The van der Waals surface area contributed by atoms with Crippen LogP contribution in [0.4, 0.5) is 0 Å². The van der Waals surface area contributed by atoms with Crippen LogP contribution in [0.3, 0.4) is 0 Å². The first kappa shape index (κ1) is 86.5. The molecule has 3 heterocycles. The number of aliphatic hydroxyl groups excluding tert-OH is 11. The minimum absolute atomic E-state index is 0.244. The summed E-state index contributed by atoms with van der Waals surface area (Å²) < 4.78 is 34.4. The van der Waals surface area contributed by atoms with Crippen LogP contribution in [-0.4, -0.2) is 193 Å². The second-order valence-corrected chi connectivity index (χ2v) is 27.8. The first-order valence-corrected chi connectivity index (χ1v) is 38.6. The van der Waals surface area contributed by atoms with E-state index in [1.54, 1.807) is 6.08 Å². The van der Waals surface area contributed by atoms with Crippen molar-refractivity contribution in [1.29, 1.82) is 0 Å². The van der Waals surface area contributed by atoms with Gasteiger partial charge < -0.3 is 89.9 Å². The van der Waals surface area contributed by atoms with Crippen LogP contribution in [0.1, 0.15) is 316 Å². The van der Waals surface area contributed by atoms with Crippen molar-refractivity contribution in [2.24, 2.45) is 0 Å². The Hall–Kier alpha value is -1.73. The number of nitrogens with one attached hydrogen (secondary N) is 1. The molecule has 3 aliphatic heterocycles. The predicted octanol–water partition coefficient (Wildman–Crippen LogP) is 11.8. The Labute approximate surface area is 568 Å². The van der Waals surface area contributed by atoms with Crippen LogP contribution < -0.4 is 5.32 Å². The highest BCUT2D eigenvalue weighted by molar-refractivity contribution is 5.76. The van der Waals surface area contributed by atoms with Crippen LogP contribution in [0.15, 0.2) is 24.3 Å². The molecule has 3 saturated heterocycles. The second kappa shape index (κ2) is 57.0. The largest absolute Gasteiger partial charge is 0.394 e. The van der Waals surface area contributed by atoms with Crippen molar-refractivity contribution in [3.05, 3.63) is 24.3 Å². The maximum Gasteiger partial charge on any atom is 0.220 e. The standard InChI is InChI=1S/C75H141NO18/c1-3-5-7-9-11-13-15-17-19-21-23-25-26-27-28-29-30-31-33-34-36-38-40-42-44-46-48-50-52-59(80)58(76-63(81)53-51-49-47-45-43-41-39-37-35-32-24-22-20-18-16-14-12-10-8-6-4-2)57-89-73-69(87)66(84)71(61(55-78)91-73)94-75-70(88)67(85)72(62(56-79)92-75)93-74-68(86)65(83)64(82)60(54-77)90-74/h22,24,50,52,58-62,64-75,77-80,82-88H,3-21,23,25-49,51,53-57H2,1-2H3,(H,76,81)/b24-22-,52-50+. The first-order valence-electron chi connectivity index (χ1n) is 38.6. The van der Waals surface area contributed by atoms with Crippen molar-refractivity contribution in [2.45, 2.75) is 420 Å². The molecule has 0 radical (unpaired) electrons. The Morgan fingerprint density at radius 2 is 0.670 bits per heavy atom. The van der Waals surface area contributed by atoms with Gasteiger partial charge in [-0.05, 0) is 44.9 Å². The molecular weight excluding hydrogens is 1200 g/mol. The molecule has 12 N–H and O–H groups in total. The second-order valence-electron chi connectivity index (χ2n) is 27.8. The van der Waals surface area contributed by atoms with Crippen LogP contribution in [0.2, 0.25) is 0 Å². The van der Waals surface area contributed by atoms with Crippen molar-refractivity contribution in [3.8, 4) is 0 Å². The lowest BCUT2D eigenvalue weighted by atomic mass is 9.96. The van der Waals surface area contributed by atoms with Gasteiger partial charge in [0.1, 0.15) is 73.2 Å². The number of carbonyl (C=O) groups is 1. The number of rotatable bonds is 61. The van der Waals surface area contributed by atoms with Gasteiger partial charge in [-0.1, -0.05) is 289 Å². The quantitative estimate of drug-likeness (QED) is 0.0199. The molecule has 0 bridgehead atoms. The zero-order chi connectivity index (χ0) is 68.2. The molecule has 0 aromatic rings. The van der Waals surface area contributed by atoms with Crippen molar-refractivity contribution in [3.63, 3.8) is 0 Å². The Morgan fingerprint density at radius 3 is 1.03 bits per heavy atom. The monoisotopic (exact) mass is 1340 g/mol. The molecule has 19 heteroatoms. The van der Waals surface area contributed by atoms with Crippen molar-refractivity contribution in [2.75, 3.05) is 26.4 Å². The summed E-state index contributed by atoms with van der Waals surface area (Å²) in [6, 6.07) is -0.974. The van der Waals surface area contributed by atoms with Gasteiger partial charge in [-0.2, -0.15) is 0 Å². The molecule has 3 fully saturated rings. The number of unbranched alkanes of at least 4 members (excludes halogenated alkanes) is 43. The third-order valence-corrected chi connectivity index (χ3v) is 19.5.